The van der Waals surface area contributed by atoms with E-state index in [9.17, 15) is 19.1 Å². The largest absolute Gasteiger partial charge is 0.447 e. The molecular weight excluding hydrogens is 279 g/mol. The number of rotatable bonds is 2. The molecule has 21 heavy (non-hydrogen) atoms. The zero-order valence-corrected chi connectivity index (χ0v) is 11.3. The molecule has 1 unspecified atom stereocenters. The maximum absolute atomic E-state index is 14.3. The number of carbonyl (C=O) groups is 2. The van der Waals surface area contributed by atoms with Crippen molar-refractivity contribution >= 4 is 23.3 Å². The SMILES string of the molecule is O=C1CCN(c2ccc(N3CCOC3=O)cc2F)CC1O. The predicted molar refractivity (Wildman–Crippen MR) is 72.9 cm³/mol. The summed E-state index contributed by atoms with van der Waals surface area (Å²) < 4.78 is 19.1. The Morgan fingerprint density at radius 1 is 1.29 bits per heavy atom. The lowest BCUT2D eigenvalue weighted by Crippen LogP contribution is -2.44. The standard InChI is InChI=1S/C14H15FN2O4/c15-10-7-9(17-5-6-21-14(17)20)1-2-11(10)16-4-3-12(18)13(19)8-16/h1-2,7,13,19H,3-6,8H2. The van der Waals surface area contributed by atoms with E-state index in [2.05, 4.69) is 0 Å². The van der Waals surface area contributed by atoms with Gasteiger partial charge >= 0.3 is 6.09 Å². The van der Waals surface area contributed by atoms with Crippen molar-refractivity contribution in [3.05, 3.63) is 24.0 Å². The Morgan fingerprint density at radius 2 is 2.10 bits per heavy atom. The molecule has 2 fully saturated rings. The first kappa shape index (κ1) is 13.8. The average Bonchev–Trinajstić information content (AvgIpc) is 2.88. The van der Waals surface area contributed by atoms with Crippen LogP contribution in [0.3, 0.4) is 0 Å². The summed E-state index contributed by atoms with van der Waals surface area (Å²) in [6.45, 7) is 1.15. The number of benzene rings is 1. The highest BCUT2D eigenvalue weighted by Gasteiger charge is 2.28. The summed E-state index contributed by atoms with van der Waals surface area (Å²) in [6.07, 6.45) is -1.37. The second kappa shape index (κ2) is 5.33. The van der Waals surface area contributed by atoms with Crippen LogP contribution in [0.1, 0.15) is 6.42 Å². The van der Waals surface area contributed by atoms with Gasteiger partial charge in [0.1, 0.15) is 18.5 Å². The molecule has 0 aliphatic carbocycles. The van der Waals surface area contributed by atoms with Crippen molar-refractivity contribution in [2.24, 2.45) is 0 Å². The summed E-state index contributed by atoms with van der Waals surface area (Å²) in [5.74, 6) is -0.711. The minimum atomic E-state index is -1.08. The third kappa shape index (κ3) is 2.56. The summed E-state index contributed by atoms with van der Waals surface area (Å²) in [6, 6.07) is 4.46. The number of nitrogens with zero attached hydrogens (tertiary/aromatic N) is 2. The maximum Gasteiger partial charge on any atom is 0.414 e. The highest BCUT2D eigenvalue weighted by Crippen LogP contribution is 2.28. The van der Waals surface area contributed by atoms with Crippen LogP contribution in [0.4, 0.5) is 20.6 Å². The van der Waals surface area contributed by atoms with Gasteiger partial charge < -0.3 is 14.7 Å². The molecule has 1 atom stereocenters. The average molecular weight is 294 g/mol. The fourth-order valence-corrected chi connectivity index (χ4v) is 2.58. The van der Waals surface area contributed by atoms with Crippen molar-refractivity contribution in [3.8, 4) is 0 Å². The first-order valence-corrected chi connectivity index (χ1v) is 6.76. The molecule has 0 spiro atoms. The van der Waals surface area contributed by atoms with Crippen LogP contribution in [0, 0.1) is 5.82 Å². The zero-order chi connectivity index (χ0) is 15.0. The topological polar surface area (TPSA) is 70.1 Å². The molecule has 1 aromatic carbocycles. The van der Waals surface area contributed by atoms with Gasteiger partial charge in [0.05, 0.1) is 24.5 Å². The first-order valence-electron chi connectivity index (χ1n) is 6.76. The van der Waals surface area contributed by atoms with Crippen LogP contribution in [0.15, 0.2) is 18.2 Å². The molecule has 0 saturated carbocycles. The molecule has 7 heteroatoms. The number of anilines is 2. The van der Waals surface area contributed by atoms with Crippen LogP contribution >= 0.6 is 0 Å². The van der Waals surface area contributed by atoms with Crippen molar-refractivity contribution in [2.75, 3.05) is 36.0 Å². The number of cyclic esters (lactones) is 1. The maximum atomic E-state index is 14.3. The molecule has 1 aromatic rings. The molecule has 2 heterocycles. The van der Waals surface area contributed by atoms with Crippen molar-refractivity contribution in [1.82, 2.24) is 0 Å². The minimum absolute atomic E-state index is 0.0842. The van der Waals surface area contributed by atoms with Gasteiger partial charge in [-0.2, -0.15) is 0 Å². The molecule has 1 amide bonds. The minimum Gasteiger partial charge on any atom is -0.447 e. The first-order chi connectivity index (χ1) is 10.1. The Hall–Kier alpha value is -2.15. The number of piperidine rings is 1. The number of hydrogen-bond donors (Lipinski definition) is 1. The number of ketones is 1. The van der Waals surface area contributed by atoms with Gasteiger partial charge in [0.15, 0.2) is 5.78 Å². The summed E-state index contributed by atoms with van der Waals surface area (Å²) in [7, 11) is 0. The van der Waals surface area contributed by atoms with E-state index in [0.29, 0.717) is 31.1 Å². The normalized spacial score (nSPS) is 22.7. The Labute approximate surface area is 120 Å². The van der Waals surface area contributed by atoms with E-state index in [1.165, 1.54) is 11.0 Å². The number of carbonyl (C=O) groups excluding carboxylic acids is 2. The zero-order valence-electron chi connectivity index (χ0n) is 11.3. The third-order valence-electron chi connectivity index (χ3n) is 3.74. The molecule has 2 aliphatic rings. The summed E-state index contributed by atoms with van der Waals surface area (Å²) in [5, 5.41) is 9.58. The van der Waals surface area contributed by atoms with Gasteiger partial charge in [-0.15, -0.1) is 0 Å². The molecule has 112 valence electrons. The summed E-state index contributed by atoms with van der Waals surface area (Å²) in [5.41, 5.74) is 0.755. The van der Waals surface area contributed by atoms with Gasteiger partial charge in [-0.25, -0.2) is 9.18 Å². The Morgan fingerprint density at radius 3 is 2.71 bits per heavy atom. The summed E-state index contributed by atoms with van der Waals surface area (Å²) in [4.78, 5) is 25.7. The second-order valence-corrected chi connectivity index (χ2v) is 5.08. The Bertz CT molecular complexity index is 592. The highest BCUT2D eigenvalue weighted by atomic mass is 19.1. The van der Waals surface area contributed by atoms with Gasteiger partial charge in [0, 0.05) is 13.0 Å². The van der Waals surface area contributed by atoms with E-state index in [0.717, 1.165) is 0 Å². The van der Waals surface area contributed by atoms with Gasteiger partial charge in [-0.1, -0.05) is 0 Å². The lowest BCUT2D eigenvalue weighted by molar-refractivity contribution is -0.127. The molecule has 1 N–H and O–H groups in total. The van der Waals surface area contributed by atoms with E-state index >= 15 is 0 Å². The fourth-order valence-electron chi connectivity index (χ4n) is 2.58. The number of halogens is 1. The van der Waals surface area contributed by atoms with Crippen LogP contribution in [0.25, 0.3) is 0 Å². The van der Waals surface area contributed by atoms with E-state index in [-0.39, 0.29) is 18.7 Å². The fraction of sp³-hybridized carbons (Fsp3) is 0.429. The molecule has 3 rings (SSSR count). The van der Waals surface area contributed by atoms with Gasteiger partial charge in [-0.05, 0) is 18.2 Å². The van der Waals surface area contributed by atoms with Crippen LogP contribution in [-0.2, 0) is 9.53 Å². The molecule has 0 bridgehead atoms. The molecule has 2 saturated heterocycles. The molecule has 0 aromatic heterocycles. The van der Waals surface area contributed by atoms with Crippen LogP contribution in [0.2, 0.25) is 0 Å². The quantitative estimate of drug-likeness (QED) is 0.878. The van der Waals surface area contributed by atoms with E-state index in [1.54, 1.807) is 17.0 Å². The number of aliphatic hydroxyl groups is 1. The van der Waals surface area contributed by atoms with Crippen molar-refractivity contribution in [3.63, 3.8) is 0 Å². The second-order valence-electron chi connectivity index (χ2n) is 5.08. The molecule has 6 nitrogen and oxygen atoms in total. The number of β-amino-alcohol motifs (C(OH)–C–C–N with tert-alkyl or cyclic N) is 1. The Balaban J connectivity index is 1.81. The monoisotopic (exact) mass is 294 g/mol. The highest BCUT2D eigenvalue weighted by molar-refractivity contribution is 5.89. The summed E-state index contributed by atoms with van der Waals surface area (Å²) >= 11 is 0. The van der Waals surface area contributed by atoms with Gasteiger partial charge in [0.2, 0.25) is 0 Å². The van der Waals surface area contributed by atoms with E-state index in [4.69, 9.17) is 4.74 Å². The predicted octanol–water partition coefficient (Wildman–Crippen LogP) is 0.922. The van der Waals surface area contributed by atoms with Gasteiger partial charge in [0.25, 0.3) is 0 Å². The van der Waals surface area contributed by atoms with Crippen molar-refractivity contribution in [2.45, 2.75) is 12.5 Å². The lowest BCUT2D eigenvalue weighted by Gasteiger charge is -2.31. The van der Waals surface area contributed by atoms with Crippen LogP contribution in [-0.4, -0.2) is 49.3 Å². The van der Waals surface area contributed by atoms with Crippen LogP contribution < -0.4 is 9.80 Å². The molecular formula is C14H15FN2O4. The molecule has 0 radical (unpaired) electrons. The van der Waals surface area contributed by atoms with E-state index < -0.39 is 18.0 Å². The van der Waals surface area contributed by atoms with Crippen LogP contribution in [0.5, 0.6) is 0 Å². The number of hydrogen-bond acceptors (Lipinski definition) is 5. The van der Waals surface area contributed by atoms with Crippen molar-refractivity contribution in [1.29, 1.82) is 0 Å². The third-order valence-corrected chi connectivity index (χ3v) is 3.74. The number of amides is 1. The number of aliphatic hydroxyl groups excluding tert-OH is 1. The number of ether oxygens (including phenoxy) is 1. The smallest absolute Gasteiger partial charge is 0.414 e. The lowest BCUT2D eigenvalue weighted by atomic mass is 10.1. The van der Waals surface area contributed by atoms with E-state index in [1.807, 2.05) is 0 Å². The van der Waals surface area contributed by atoms with Crippen molar-refractivity contribution < 1.29 is 23.8 Å². The van der Waals surface area contributed by atoms with Gasteiger partial charge in [-0.3, -0.25) is 9.69 Å². The number of Topliss-reactive ketones (excluding diaryl/α,β-unsaturated/α-hetero) is 1. The Kier molecular flexibility index (Phi) is 3.50. The molecule has 2 aliphatic heterocycles.